The molecule has 3 nitrogen and oxygen atoms in total. The topological polar surface area (TPSA) is 57.2 Å². The summed E-state index contributed by atoms with van der Waals surface area (Å²) in [5.74, 6) is -2.28. The molecule has 7 heteroatoms. The van der Waals surface area contributed by atoms with E-state index in [2.05, 4.69) is 15.9 Å². The summed E-state index contributed by atoms with van der Waals surface area (Å²) in [6.07, 6.45) is 0. The molecule has 0 amide bonds. The van der Waals surface area contributed by atoms with Gasteiger partial charge in [0.05, 0.1) is 9.37 Å². The Labute approximate surface area is 81.3 Å². The lowest BCUT2D eigenvalue weighted by molar-refractivity contribution is 0.452. The summed E-state index contributed by atoms with van der Waals surface area (Å²) in [6.45, 7) is 0. The van der Waals surface area contributed by atoms with E-state index in [-0.39, 0.29) is 4.47 Å². The minimum Gasteiger partial charge on any atom is -0.744 e. The Balaban J connectivity index is 3.50. The van der Waals surface area contributed by atoms with E-state index in [4.69, 9.17) is 0 Å². The van der Waals surface area contributed by atoms with E-state index in [9.17, 15) is 21.8 Å². The molecule has 0 N–H and O–H groups in total. The molecule has 0 heterocycles. The average Bonchev–Trinajstić information content (AvgIpc) is 1.94. The number of halogens is 3. The van der Waals surface area contributed by atoms with Crippen molar-refractivity contribution in [1.82, 2.24) is 0 Å². The van der Waals surface area contributed by atoms with Gasteiger partial charge in [-0.15, -0.1) is 0 Å². The number of rotatable bonds is 1. The maximum atomic E-state index is 12.8. The zero-order valence-corrected chi connectivity index (χ0v) is 8.32. The molecule has 0 saturated heterocycles. The average molecular weight is 272 g/mol. The van der Waals surface area contributed by atoms with E-state index in [1.165, 1.54) is 0 Å². The van der Waals surface area contributed by atoms with Crippen LogP contribution >= 0.6 is 15.9 Å². The van der Waals surface area contributed by atoms with Crippen molar-refractivity contribution in [3.05, 3.63) is 28.2 Å². The predicted octanol–water partition coefficient (Wildman–Crippen LogP) is 1.63. The van der Waals surface area contributed by atoms with Gasteiger partial charge in [0, 0.05) is 0 Å². The van der Waals surface area contributed by atoms with Crippen LogP contribution in [0.4, 0.5) is 8.78 Å². The standard InChI is InChI=1S/C6H3BrF2O3S/c7-3-1-5(9)6(2-4(3)8)13(10,11)12/h1-2H,(H,10,11,12)/p-1. The fourth-order valence-corrected chi connectivity index (χ4v) is 1.56. The number of hydrogen-bond acceptors (Lipinski definition) is 3. The molecular formula is C6H2BrF2O3S-. The van der Waals surface area contributed by atoms with Gasteiger partial charge in [-0.3, -0.25) is 0 Å². The Morgan fingerprint density at radius 2 is 1.77 bits per heavy atom. The highest BCUT2D eigenvalue weighted by Gasteiger charge is 2.12. The molecule has 1 rings (SSSR count). The van der Waals surface area contributed by atoms with E-state index in [1.807, 2.05) is 0 Å². The Hall–Kier alpha value is -0.530. The highest BCUT2D eigenvalue weighted by Crippen LogP contribution is 2.22. The molecule has 0 aliphatic carbocycles. The van der Waals surface area contributed by atoms with E-state index in [1.54, 1.807) is 0 Å². The van der Waals surface area contributed by atoms with Crippen LogP contribution in [0.15, 0.2) is 21.5 Å². The van der Waals surface area contributed by atoms with E-state index >= 15 is 0 Å². The second-order valence-electron chi connectivity index (χ2n) is 2.15. The Morgan fingerprint density at radius 1 is 1.23 bits per heavy atom. The van der Waals surface area contributed by atoms with Gasteiger partial charge in [0.25, 0.3) is 0 Å². The van der Waals surface area contributed by atoms with Gasteiger partial charge < -0.3 is 4.55 Å². The highest BCUT2D eigenvalue weighted by molar-refractivity contribution is 9.10. The quantitative estimate of drug-likeness (QED) is 0.576. The monoisotopic (exact) mass is 271 g/mol. The predicted molar refractivity (Wildman–Crippen MR) is 42.0 cm³/mol. The first-order valence-corrected chi connectivity index (χ1v) is 5.13. The first-order valence-electron chi connectivity index (χ1n) is 2.93. The van der Waals surface area contributed by atoms with Crippen molar-refractivity contribution in [2.45, 2.75) is 4.90 Å². The molecule has 0 atom stereocenters. The van der Waals surface area contributed by atoms with Crippen LogP contribution in [0.2, 0.25) is 0 Å². The third-order valence-electron chi connectivity index (χ3n) is 1.24. The summed E-state index contributed by atoms with van der Waals surface area (Å²) in [4.78, 5) is -1.19. The molecule has 0 aliphatic rings. The van der Waals surface area contributed by atoms with Crippen LogP contribution in [-0.4, -0.2) is 13.0 Å². The fraction of sp³-hybridized carbons (Fsp3) is 0. The Morgan fingerprint density at radius 3 is 2.23 bits per heavy atom. The summed E-state index contributed by atoms with van der Waals surface area (Å²) in [7, 11) is -4.96. The first-order chi connectivity index (χ1) is 5.82. The minimum atomic E-state index is -4.96. The van der Waals surface area contributed by atoms with Crippen molar-refractivity contribution in [3.8, 4) is 0 Å². The molecule has 0 bridgehead atoms. The van der Waals surface area contributed by atoms with Gasteiger partial charge in [0.2, 0.25) is 0 Å². The summed E-state index contributed by atoms with van der Waals surface area (Å²) >= 11 is 2.64. The molecule has 1 aromatic rings. The summed E-state index contributed by atoms with van der Waals surface area (Å²) in [5, 5.41) is 0. The zero-order chi connectivity index (χ0) is 10.2. The molecule has 0 aromatic heterocycles. The van der Waals surface area contributed by atoms with Crippen molar-refractivity contribution in [1.29, 1.82) is 0 Å². The van der Waals surface area contributed by atoms with Crippen molar-refractivity contribution in [2.24, 2.45) is 0 Å². The summed E-state index contributed by atoms with van der Waals surface area (Å²) in [5.41, 5.74) is 0. The summed E-state index contributed by atoms with van der Waals surface area (Å²) in [6, 6.07) is 0.919. The maximum absolute atomic E-state index is 12.8. The van der Waals surface area contributed by atoms with E-state index in [0.717, 1.165) is 0 Å². The van der Waals surface area contributed by atoms with Crippen LogP contribution in [0.25, 0.3) is 0 Å². The van der Waals surface area contributed by atoms with Gasteiger partial charge in [0.15, 0.2) is 0 Å². The lowest BCUT2D eigenvalue weighted by atomic mass is 10.3. The van der Waals surface area contributed by atoms with Gasteiger partial charge in [0.1, 0.15) is 21.8 Å². The number of benzene rings is 1. The molecule has 0 radical (unpaired) electrons. The molecule has 0 unspecified atom stereocenters. The van der Waals surface area contributed by atoms with E-state index < -0.39 is 26.6 Å². The van der Waals surface area contributed by atoms with Crippen LogP contribution in [0.3, 0.4) is 0 Å². The Kier molecular flexibility index (Phi) is 2.69. The SMILES string of the molecule is O=S(=O)([O-])c1cc(F)c(Br)cc1F. The molecular weight excluding hydrogens is 270 g/mol. The van der Waals surface area contributed by atoms with E-state index in [0.29, 0.717) is 12.1 Å². The van der Waals surface area contributed by atoms with Crippen molar-refractivity contribution in [2.75, 3.05) is 0 Å². The molecule has 72 valence electrons. The van der Waals surface area contributed by atoms with Crippen molar-refractivity contribution in [3.63, 3.8) is 0 Å². The molecule has 1 aromatic carbocycles. The third-order valence-corrected chi connectivity index (χ3v) is 2.70. The largest absolute Gasteiger partial charge is 0.744 e. The summed E-state index contributed by atoms with van der Waals surface area (Å²) < 4.78 is 56.2. The maximum Gasteiger partial charge on any atom is 0.142 e. The van der Waals surface area contributed by atoms with Crippen LogP contribution in [0, 0.1) is 11.6 Å². The second-order valence-corrected chi connectivity index (χ2v) is 4.35. The first kappa shape index (κ1) is 10.6. The molecule has 0 spiro atoms. The van der Waals surface area contributed by atoms with Crippen LogP contribution in [0.1, 0.15) is 0 Å². The molecule has 0 aliphatic heterocycles. The second kappa shape index (κ2) is 3.32. The van der Waals surface area contributed by atoms with Gasteiger partial charge >= 0.3 is 0 Å². The zero-order valence-electron chi connectivity index (χ0n) is 5.92. The third kappa shape index (κ3) is 2.23. The lowest BCUT2D eigenvalue weighted by Gasteiger charge is -2.08. The van der Waals surface area contributed by atoms with Gasteiger partial charge in [-0.1, -0.05) is 0 Å². The minimum absolute atomic E-state index is 0.239. The number of hydrogen-bond donors (Lipinski definition) is 0. The van der Waals surface area contributed by atoms with Crippen LogP contribution < -0.4 is 0 Å². The Bertz CT molecular complexity index is 443. The highest BCUT2D eigenvalue weighted by atomic mass is 79.9. The molecule has 0 saturated carbocycles. The fourth-order valence-electron chi connectivity index (χ4n) is 0.696. The lowest BCUT2D eigenvalue weighted by Crippen LogP contribution is -2.03. The molecule has 13 heavy (non-hydrogen) atoms. The van der Waals surface area contributed by atoms with Gasteiger partial charge in [-0.25, -0.2) is 17.2 Å². The van der Waals surface area contributed by atoms with Gasteiger partial charge in [-0.2, -0.15) is 0 Å². The van der Waals surface area contributed by atoms with Crippen LogP contribution in [0.5, 0.6) is 0 Å². The smallest absolute Gasteiger partial charge is 0.142 e. The normalized spacial score (nSPS) is 11.7. The molecule has 0 fully saturated rings. The van der Waals surface area contributed by atoms with Crippen molar-refractivity contribution >= 4 is 26.0 Å². The van der Waals surface area contributed by atoms with Crippen molar-refractivity contribution < 1.29 is 21.8 Å². The van der Waals surface area contributed by atoms with Gasteiger partial charge in [-0.05, 0) is 28.1 Å². The van der Waals surface area contributed by atoms with Crippen LogP contribution in [-0.2, 0) is 10.1 Å².